The van der Waals surface area contributed by atoms with Gasteiger partial charge >= 0.3 is 5.97 Å². The van der Waals surface area contributed by atoms with Crippen LogP contribution in [0.3, 0.4) is 0 Å². The van der Waals surface area contributed by atoms with Gasteiger partial charge in [-0.3, -0.25) is 48.3 Å². The van der Waals surface area contributed by atoms with E-state index in [1.807, 2.05) is 9.80 Å². The zero-order chi connectivity index (χ0) is 60.8. The number of sulfonamides is 1. The molecule has 1 saturated heterocycles. The number of rotatable bonds is 29. The summed E-state index contributed by atoms with van der Waals surface area (Å²) < 4.78 is 36.9. The van der Waals surface area contributed by atoms with Gasteiger partial charge in [0.05, 0.1) is 23.6 Å². The van der Waals surface area contributed by atoms with Gasteiger partial charge in [0.15, 0.2) is 12.2 Å². The van der Waals surface area contributed by atoms with Gasteiger partial charge in [-0.2, -0.15) is 4.72 Å². The molecular formula is C55H82N14O13S. The molecule has 2 radical (unpaired) electrons. The molecular weight excluding hydrogens is 1100 g/mol. The first kappa shape index (κ1) is 66.7. The number of fused-ring (bicyclic) bond motifs is 1. The minimum atomic E-state index is -4.49. The Morgan fingerprint density at radius 3 is 2.08 bits per heavy atom. The van der Waals surface area contributed by atoms with E-state index in [9.17, 15) is 57.3 Å². The number of carboxylic acid groups (broad SMARTS) is 1. The maximum absolute atomic E-state index is 13.7. The zero-order valence-corrected chi connectivity index (χ0v) is 49.0. The Morgan fingerprint density at radius 1 is 0.807 bits per heavy atom. The molecule has 4 aromatic rings. The Bertz CT molecular complexity index is 2970. The van der Waals surface area contributed by atoms with Crippen molar-refractivity contribution in [2.75, 3.05) is 104 Å². The van der Waals surface area contributed by atoms with Gasteiger partial charge in [0.2, 0.25) is 39.1 Å². The van der Waals surface area contributed by atoms with E-state index in [1.165, 1.54) is 32.2 Å². The molecule has 0 spiro atoms. The summed E-state index contributed by atoms with van der Waals surface area (Å²) in [5.41, 5.74) is 0.993. The summed E-state index contributed by atoms with van der Waals surface area (Å²) in [5.74, 6) is -3.28. The lowest BCUT2D eigenvalue weighted by Gasteiger charge is -2.33. The summed E-state index contributed by atoms with van der Waals surface area (Å²) in [6.07, 6.45) is 3.93. The predicted octanol–water partition coefficient (Wildman–Crippen LogP) is -0.946. The van der Waals surface area contributed by atoms with Crippen LogP contribution in [0.4, 0.5) is 5.95 Å². The predicted molar refractivity (Wildman–Crippen MR) is 309 cm³/mol. The number of carboxylic acids is 1. The highest BCUT2D eigenvalue weighted by Gasteiger charge is 2.30. The highest BCUT2D eigenvalue weighted by molar-refractivity contribution is 7.89. The van der Waals surface area contributed by atoms with E-state index < -0.39 is 70.1 Å². The summed E-state index contributed by atoms with van der Waals surface area (Å²) in [4.78, 5) is 106. The first-order valence-electron chi connectivity index (χ1n) is 27.8. The van der Waals surface area contributed by atoms with Crippen LogP contribution in [0.5, 0.6) is 5.75 Å². The van der Waals surface area contributed by atoms with E-state index in [2.05, 4.69) is 58.4 Å². The summed E-state index contributed by atoms with van der Waals surface area (Å²) in [7, 11) is 3.33. The smallest absolute Gasteiger partial charge is 0.323 e. The number of nitrogens with one attached hydrogen (secondary N) is 8. The van der Waals surface area contributed by atoms with Gasteiger partial charge in [0.1, 0.15) is 29.4 Å². The van der Waals surface area contributed by atoms with E-state index >= 15 is 0 Å². The van der Waals surface area contributed by atoms with Crippen LogP contribution in [-0.4, -0.2) is 216 Å². The molecule has 83 heavy (non-hydrogen) atoms. The number of aliphatic hydroxyl groups excluding tert-OH is 1. The van der Waals surface area contributed by atoms with Crippen molar-refractivity contribution < 1.29 is 57.2 Å². The number of nitrogens with zero attached hydrogens (tertiary/aromatic N) is 6. The third-order valence-electron chi connectivity index (χ3n) is 14.0. The number of anilines is 1. The molecule has 3 unspecified atom stereocenters. The number of aromatic nitrogens is 3. The van der Waals surface area contributed by atoms with Crippen molar-refractivity contribution in [2.24, 2.45) is 7.05 Å². The molecule has 28 heteroatoms. The monoisotopic (exact) mass is 1180 g/mol. The van der Waals surface area contributed by atoms with Gasteiger partial charge in [-0.05, 0) is 80.6 Å². The van der Waals surface area contributed by atoms with Crippen LogP contribution in [0.1, 0.15) is 73.5 Å². The average Bonchev–Trinajstić information content (AvgIpc) is 4.07. The number of carbonyl (C=O) groups is 6. The number of aliphatic carboxylic acids is 1. The number of carbonyl (C=O) groups excluding carboxylic acids is 5. The van der Waals surface area contributed by atoms with Gasteiger partial charge in [-0.25, -0.2) is 13.4 Å². The Labute approximate surface area is 484 Å². The Hall–Kier alpha value is -7.05. The van der Waals surface area contributed by atoms with Crippen molar-refractivity contribution in [3.8, 4) is 5.75 Å². The number of β-amino-alcohol motifs (C(OH)–C–C–N with tert-alkyl or cyclic N) is 2. The number of H-pyrrole nitrogens is 1. The Balaban J connectivity index is 1.02. The molecule has 1 aliphatic heterocycles. The van der Waals surface area contributed by atoms with Gasteiger partial charge in [0, 0.05) is 130 Å². The molecule has 0 saturated carbocycles. The minimum absolute atomic E-state index is 0.000377. The van der Waals surface area contributed by atoms with Crippen molar-refractivity contribution in [2.45, 2.75) is 96.2 Å². The van der Waals surface area contributed by atoms with Gasteiger partial charge in [-0.15, -0.1) is 0 Å². The molecule has 1 fully saturated rings. The van der Waals surface area contributed by atoms with Crippen molar-refractivity contribution in [3.05, 3.63) is 88.4 Å². The largest absolute Gasteiger partial charge is 0.494 e. The molecule has 0 aliphatic carbocycles. The normalized spacial score (nSPS) is 15.5. The van der Waals surface area contributed by atoms with E-state index in [1.54, 1.807) is 61.0 Å². The lowest BCUT2D eigenvalue weighted by atomic mass is 10.1. The lowest BCUT2D eigenvalue weighted by molar-refractivity contribution is -0.138. The highest BCUT2D eigenvalue weighted by Crippen LogP contribution is 2.26. The molecule has 456 valence electrons. The molecule has 5 amide bonds. The summed E-state index contributed by atoms with van der Waals surface area (Å²) in [5, 5.41) is 46.0. The Kier molecular flexibility index (Phi) is 26.3. The first-order valence-corrected chi connectivity index (χ1v) is 29.3. The second-order valence-corrected chi connectivity index (χ2v) is 22.0. The number of aliphatic hydroxyl groups is 2. The van der Waals surface area contributed by atoms with Crippen LogP contribution in [0, 0.1) is 20.9 Å². The van der Waals surface area contributed by atoms with Crippen molar-refractivity contribution >= 4 is 62.4 Å². The summed E-state index contributed by atoms with van der Waals surface area (Å²) >= 11 is 0. The summed E-state index contributed by atoms with van der Waals surface area (Å²) in [6, 6.07) is 4.39. The Morgan fingerprint density at radius 2 is 1.45 bits per heavy atom. The molecule has 3 heterocycles. The number of imidazole rings is 1. The quantitative estimate of drug-likeness (QED) is 0.0231. The fraction of sp³-hybridized carbons (Fsp3) is 0.545. The zero-order valence-electron chi connectivity index (χ0n) is 48.2. The molecule has 27 nitrogen and oxygen atoms in total. The van der Waals surface area contributed by atoms with E-state index in [0.29, 0.717) is 69.6 Å². The van der Waals surface area contributed by atoms with Crippen molar-refractivity contribution in [3.63, 3.8) is 0 Å². The van der Waals surface area contributed by atoms with Crippen LogP contribution in [0.25, 0.3) is 10.9 Å². The van der Waals surface area contributed by atoms with E-state index in [-0.39, 0.29) is 97.3 Å². The van der Waals surface area contributed by atoms with Crippen molar-refractivity contribution in [1.29, 1.82) is 0 Å². The van der Waals surface area contributed by atoms with E-state index in [4.69, 9.17) is 11.8 Å². The number of likely N-dealkylation sites (N-methyl/N-ethyl adjacent to an activating group) is 1. The van der Waals surface area contributed by atoms with Gasteiger partial charge in [0.25, 0.3) is 5.91 Å². The molecule has 0 bridgehead atoms. The van der Waals surface area contributed by atoms with Crippen LogP contribution in [-0.2, 0) is 47.6 Å². The second-order valence-electron chi connectivity index (χ2n) is 20.4. The van der Waals surface area contributed by atoms with Gasteiger partial charge < -0.3 is 66.4 Å². The van der Waals surface area contributed by atoms with E-state index in [0.717, 1.165) is 18.7 Å². The molecule has 2 aromatic carbocycles. The summed E-state index contributed by atoms with van der Waals surface area (Å²) in [6.45, 7) is 13.8. The number of hydrogen-bond donors (Lipinski definition) is 11. The standard InChI is InChI=1S/C55H82N14O13S/c1-8-42(63-53(77)43(9-2)62-47(71)34-68-24-23-67(10-3)21-19-65(6)20-22-69(26-25-68)35-48(72)73)52(76)57-16-15-56-46(70)12-11-27-82-39-28-36(4)50(37(5)29-39)83(80,81)64-44(54(78)79)32-60-51(75)41-33-66(7)45-30-38(13-14-40(45)49(41)74)31-61-55-58-17-18-59-55/h6,13-14,17-18,28-30,33,42-44,48,64,72-73H,8-12,15-16,19-27,31-32,34-35H2,1-5,7H3,(H,56,70)(H,57,76)(H,60,75)(H,62,71)(H,63,77)(H,78,79)(H2,58,59,61). The number of aryl methyl sites for hydroxylation is 3. The third kappa shape index (κ3) is 21.0. The maximum Gasteiger partial charge on any atom is 0.323 e. The first-order chi connectivity index (χ1) is 39.5. The number of benzene rings is 2. The van der Waals surface area contributed by atoms with Crippen molar-refractivity contribution in [1.82, 2.24) is 65.4 Å². The third-order valence-corrected chi connectivity index (χ3v) is 15.8. The molecule has 11 N–H and O–H groups in total. The van der Waals surface area contributed by atoms with Crippen LogP contribution >= 0.6 is 0 Å². The topological polar surface area (TPSA) is 354 Å². The minimum Gasteiger partial charge on any atom is -0.494 e. The van der Waals surface area contributed by atoms with Crippen LogP contribution in [0.15, 0.2) is 58.6 Å². The number of pyridine rings is 1. The number of ether oxygens (including phenoxy) is 1. The fourth-order valence-corrected chi connectivity index (χ4v) is 11.0. The number of aromatic amines is 1. The number of amides is 5. The lowest BCUT2D eigenvalue weighted by Crippen LogP contribution is -2.55. The fourth-order valence-electron chi connectivity index (χ4n) is 9.36. The SMILES string of the molecule is [CH]N1CCN(CC)CCN(CC(=O)NC(CC)C(=O)NC(CC)C(=O)NCCNC(=O)CCCOc2cc(C)c(S(=O)(=O)NC(CNC(=O)c3cn(C)c4cc(CNc5ncc[nH]5)ccc4c3=O)C(=O)O)c(C)c2)CCN(CC(O)O)CC1. The highest BCUT2D eigenvalue weighted by atomic mass is 32.2. The molecule has 3 atom stereocenters. The van der Waals surface area contributed by atoms with Gasteiger partial charge in [-0.1, -0.05) is 26.8 Å². The second kappa shape index (κ2) is 32.7. The molecule has 1 aliphatic rings. The maximum atomic E-state index is 13.7. The van der Waals surface area contributed by atoms with Crippen LogP contribution in [0.2, 0.25) is 0 Å². The molecule has 2 aromatic heterocycles. The molecule has 5 rings (SSSR count). The average molecular weight is 1180 g/mol. The number of hydrogen-bond acceptors (Lipinski definition) is 18. The van der Waals surface area contributed by atoms with Crippen LogP contribution < -0.4 is 46.8 Å².